The third kappa shape index (κ3) is 11.1. The first-order valence-electron chi connectivity index (χ1n) is 13.1. The van der Waals surface area contributed by atoms with Crippen molar-refractivity contribution < 1.29 is 56.4 Å². The average Bonchev–Trinajstić information content (AvgIpc) is 3.28. The molecule has 1 aliphatic rings. The van der Waals surface area contributed by atoms with Gasteiger partial charge >= 0.3 is 25.7 Å². The number of benzene rings is 1. The molecule has 226 valence electrons. The molecular weight excluding hydrogens is 549 g/mol. The van der Waals surface area contributed by atoms with Gasteiger partial charge in [0.05, 0.1) is 25.9 Å². The summed E-state index contributed by atoms with van der Waals surface area (Å²) >= 11 is 0. The van der Waals surface area contributed by atoms with E-state index in [2.05, 4.69) is 5.09 Å². The molecule has 0 bridgehead atoms. The number of nitrogens with one attached hydrogen (secondary N) is 1. The van der Waals surface area contributed by atoms with Crippen LogP contribution < -0.4 is 14.3 Å². The summed E-state index contributed by atoms with van der Waals surface area (Å²) in [7, 11) is -2.69. The normalized spacial score (nSPS) is 20.8. The highest BCUT2D eigenvalue weighted by molar-refractivity contribution is 7.52. The van der Waals surface area contributed by atoms with Crippen molar-refractivity contribution in [2.24, 2.45) is 0 Å². The molecule has 40 heavy (non-hydrogen) atoms. The predicted molar refractivity (Wildman–Crippen MR) is 142 cm³/mol. The molecule has 1 aromatic rings. The lowest BCUT2D eigenvalue weighted by Gasteiger charge is -2.26. The zero-order valence-electron chi connectivity index (χ0n) is 23.8. The minimum Gasteiger partial charge on any atom is -0.491 e. The second kappa shape index (κ2) is 16.5. The lowest BCUT2D eigenvalue weighted by molar-refractivity contribution is -0.165. The molecule has 0 saturated carbocycles. The zero-order valence-corrected chi connectivity index (χ0v) is 24.7. The van der Waals surface area contributed by atoms with E-state index in [0.29, 0.717) is 19.0 Å². The Morgan fingerprint density at radius 2 is 1.62 bits per heavy atom. The van der Waals surface area contributed by atoms with E-state index < -0.39 is 56.1 Å². The number of esters is 3. The van der Waals surface area contributed by atoms with Crippen LogP contribution in [-0.4, -0.2) is 81.9 Å². The molecule has 1 heterocycles. The van der Waals surface area contributed by atoms with Gasteiger partial charge in [-0.05, 0) is 45.0 Å². The maximum atomic E-state index is 13.9. The quantitative estimate of drug-likeness (QED) is 0.123. The number of hydrogen-bond acceptors (Lipinski definition) is 12. The third-order valence-electron chi connectivity index (χ3n) is 5.41. The molecule has 2 rings (SSSR count). The lowest BCUT2D eigenvalue weighted by atomic mass is 10.1. The minimum absolute atomic E-state index is 0.0539. The highest BCUT2D eigenvalue weighted by atomic mass is 31.2. The first kappa shape index (κ1) is 33.5. The van der Waals surface area contributed by atoms with Gasteiger partial charge in [0, 0.05) is 20.0 Å². The molecule has 0 aromatic heterocycles. The monoisotopic (exact) mass is 589 g/mol. The summed E-state index contributed by atoms with van der Waals surface area (Å²) in [5.41, 5.74) is 0. The van der Waals surface area contributed by atoms with Gasteiger partial charge in [-0.25, -0.2) is 4.57 Å². The number of methoxy groups -OCH3 is 1. The summed E-state index contributed by atoms with van der Waals surface area (Å²) in [4.78, 5) is 36.3. The van der Waals surface area contributed by atoms with Crippen LogP contribution in [0.5, 0.6) is 11.5 Å². The molecule has 13 nitrogen and oxygen atoms in total. The van der Waals surface area contributed by atoms with E-state index in [0.717, 1.165) is 0 Å². The minimum atomic E-state index is -4.25. The SMILES string of the molecule is CCC(=O)OC1COC(COP(=O)(N[C@@H](C)C(=O)OC(C)C)Oc2ccc(OCCOC)cc2)C1OC(=O)CC. The van der Waals surface area contributed by atoms with E-state index in [-0.39, 0.29) is 31.8 Å². The first-order valence-corrected chi connectivity index (χ1v) is 14.7. The fourth-order valence-corrected chi connectivity index (χ4v) is 4.90. The molecule has 0 amide bonds. The molecule has 0 radical (unpaired) electrons. The fourth-order valence-electron chi connectivity index (χ4n) is 3.39. The zero-order chi connectivity index (χ0) is 29.7. The molecule has 1 aromatic carbocycles. The maximum absolute atomic E-state index is 13.9. The Kier molecular flexibility index (Phi) is 13.9. The summed E-state index contributed by atoms with van der Waals surface area (Å²) in [6, 6.07) is 5.20. The molecule has 4 unspecified atom stereocenters. The number of ether oxygens (including phenoxy) is 6. The summed E-state index contributed by atoms with van der Waals surface area (Å²) in [5.74, 6) is -0.989. The average molecular weight is 590 g/mol. The van der Waals surface area contributed by atoms with Crippen molar-refractivity contribution in [2.45, 2.75) is 77.9 Å². The van der Waals surface area contributed by atoms with Gasteiger partial charge in [0.15, 0.2) is 12.2 Å². The van der Waals surface area contributed by atoms with Gasteiger partial charge < -0.3 is 32.9 Å². The third-order valence-corrected chi connectivity index (χ3v) is 7.05. The van der Waals surface area contributed by atoms with E-state index in [4.69, 9.17) is 37.5 Å². The Labute approximate surface area is 234 Å². The van der Waals surface area contributed by atoms with Crippen LogP contribution in [0.2, 0.25) is 0 Å². The van der Waals surface area contributed by atoms with Crippen molar-refractivity contribution in [1.82, 2.24) is 5.09 Å². The van der Waals surface area contributed by atoms with Crippen LogP contribution >= 0.6 is 7.75 Å². The van der Waals surface area contributed by atoms with Crippen molar-refractivity contribution in [3.8, 4) is 11.5 Å². The number of hydrogen-bond donors (Lipinski definition) is 1. The fraction of sp³-hybridized carbons (Fsp3) is 0.654. The summed E-state index contributed by atoms with van der Waals surface area (Å²) < 4.78 is 57.4. The van der Waals surface area contributed by atoms with Gasteiger partial charge in [0.1, 0.15) is 30.3 Å². The number of carbonyl (C=O) groups is 3. The maximum Gasteiger partial charge on any atom is 0.459 e. The van der Waals surface area contributed by atoms with Gasteiger partial charge in [0.2, 0.25) is 0 Å². The Hall–Kier alpha value is -2.70. The van der Waals surface area contributed by atoms with E-state index in [9.17, 15) is 18.9 Å². The van der Waals surface area contributed by atoms with Crippen LogP contribution in [-0.2, 0) is 47.2 Å². The van der Waals surface area contributed by atoms with Crippen molar-refractivity contribution >= 4 is 25.7 Å². The van der Waals surface area contributed by atoms with E-state index in [1.165, 1.54) is 19.1 Å². The van der Waals surface area contributed by atoms with Gasteiger partial charge in [-0.3, -0.25) is 18.9 Å². The van der Waals surface area contributed by atoms with Gasteiger partial charge in [0.25, 0.3) is 0 Å². The van der Waals surface area contributed by atoms with Crippen molar-refractivity contribution in [2.75, 3.05) is 33.5 Å². The van der Waals surface area contributed by atoms with Crippen molar-refractivity contribution in [3.63, 3.8) is 0 Å². The molecule has 1 saturated heterocycles. The van der Waals surface area contributed by atoms with E-state index >= 15 is 0 Å². The summed E-state index contributed by atoms with van der Waals surface area (Å²) in [6.07, 6.45) is -2.98. The van der Waals surface area contributed by atoms with E-state index in [1.807, 2.05) is 0 Å². The number of carbonyl (C=O) groups excluding carboxylic acids is 3. The van der Waals surface area contributed by atoms with Crippen LogP contribution in [0.3, 0.4) is 0 Å². The highest BCUT2D eigenvalue weighted by Crippen LogP contribution is 2.46. The van der Waals surface area contributed by atoms with Crippen LogP contribution in [0.1, 0.15) is 47.5 Å². The smallest absolute Gasteiger partial charge is 0.459 e. The van der Waals surface area contributed by atoms with Crippen LogP contribution in [0, 0.1) is 0 Å². The molecule has 0 spiro atoms. The van der Waals surface area contributed by atoms with Crippen molar-refractivity contribution in [1.29, 1.82) is 0 Å². The molecular formula is C26H40NO12P. The molecule has 0 aliphatic carbocycles. The van der Waals surface area contributed by atoms with Crippen LogP contribution in [0.15, 0.2) is 24.3 Å². The standard InChI is InChI=1S/C26H40NO12P/c1-7-23(28)37-22-15-34-21(25(22)38-24(29)8-2)16-35-40(31,27-18(5)26(30)36-17(3)4)39-20-11-9-19(10-12-20)33-14-13-32-6/h9-12,17-18,21-22,25H,7-8,13-16H2,1-6H3,(H,27,31)/t18-,21?,22?,25?,40?/m0/s1. The van der Waals surface area contributed by atoms with E-state index in [1.54, 1.807) is 46.9 Å². The molecule has 1 N–H and O–H groups in total. The lowest BCUT2D eigenvalue weighted by Crippen LogP contribution is -2.41. The van der Waals surface area contributed by atoms with Gasteiger partial charge in [-0.15, -0.1) is 0 Å². The van der Waals surface area contributed by atoms with Crippen molar-refractivity contribution in [3.05, 3.63) is 24.3 Å². The molecule has 1 fully saturated rings. The number of rotatable bonds is 17. The summed E-state index contributed by atoms with van der Waals surface area (Å²) in [6.45, 7) is 8.39. The van der Waals surface area contributed by atoms with Gasteiger partial charge in [-0.1, -0.05) is 13.8 Å². The molecule has 14 heteroatoms. The topological polar surface area (TPSA) is 154 Å². The first-order chi connectivity index (χ1) is 19.0. The Balaban J connectivity index is 2.20. The predicted octanol–water partition coefficient (Wildman–Crippen LogP) is 3.19. The van der Waals surface area contributed by atoms with Crippen LogP contribution in [0.4, 0.5) is 0 Å². The second-order valence-electron chi connectivity index (χ2n) is 9.10. The Bertz CT molecular complexity index is 1000. The largest absolute Gasteiger partial charge is 0.491 e. The highest BCUT2D eigenvalue weighted by Gasteiger charge is 2.44. The Morgan fingerprint density at radius 3 is 2.23 bits per heavy atom. The summed E-state index contributed by atoms with van der Waals surface area (Å²) in [5, 5.41) is 2.59. The Morgan fingerprint density at radius 1 is 1.00 bits per heavy atom. The second-order valence-corrected chi connectivity index (χ2v) is 10.8. The molecule has 1 aliphatic heterocycles. The van der Waals surface area contributed by atoms with Crippen LogP contribution in [0.25, 0.3) is 0 Å². The van der Waals surface area contributed by atoms with Gasteiger partial charge in [-0.2, -0.15) is 5.09 Å². The molecule has 5 atom stereocenters.